The molecule has 0 unspecified atom stereocenters. The fourth-order valence-corrected chi connectivity index (χ4v) is 3.55. The van der Waals surface area contributed by atoms with Crippen molar-refractivity contribution in [3.05, 3.63) is 77.9 Å². The number of fused-ring (bicyclic) bond motifs is 2. The van der Waals surface area contributed by atoms with Crippen LogP contribution in [-0.4, -0.2) is 24.9 Å². The molecular formula is C22H20N2O2. The number of carbonyl (C=O) groups excluding carboxylic acids is 2. The highest BCUT2D eigenvalue weighted by Gasteiger charge is 2.24. The van der Waals surface area contributed by atoms with E-state index in [2.05, 4.69) is 5.32 Å². The summed E-state index contributed by atoms with van der Waals surface area (Å²) in [6, 6.07) is 21.9. The summed E-state index contributed by atoms with van der Waals surface area (Å²) in [5, 5.41) is 4.96. The van der Waals surface area contributed by atoms with Gasteiger partial charge < -0.3 is 10.2 Å². The van der Waals surface area contributed by atoms with Gasteiger partial charge in [-0.15, -0.1) is 0 Å². The molecule has 0 aromatic heterocycles. The lowest BCUT2D eigenvalue weighted by Crippen LogP contribution is -2.39. The van der Waals surface area contributed by atoms with Gasteiger partial charge in [0.25, 0.3) is 0 Å². The van der Waals surface area contributed by atoms with Crippen LogP contribution in [-0.2, 0) is 22.4 Å². The van der Waals surface area contributed by atoms with Crippen molar-refractivity contribution in [1.29, 1.82) is 0 Å². The molecule has 3 aromatic rings. The van der Waals surface area contributed by atoms with Gasteiger partial charge in [0.15, 0.2) is 0 Å². The number of hydrogen-bond acceptors (Lipinski definition) is 2. The number of rotatable bonds is 4. The van der Waals surface area contributed by atoms with Crippen LogP contribution in [0.3, 0.4) is 0 Å². The summed E-state index contributed by atoms with van der Waals surface area (Å²) < 4.78 is 0. The third kappa shape index (κ3) is 3.18. The van der Waals surface area contributed by atoms with E-state index >= 15 is 0 Å². The number of carbonyl (C=O) groups is 2. The average Bonchev–Trinajstić information content (AvgIpc) is 3.11. The molecule has 1 heterocycles. The molecule has 0 saturated heterocycles. The zero-order chi connectivity index (χ0) is 17.9. The zero-order valence-corrected chi connectivity index (χ0v) is 14.4. The third-order valence-corrected chi connectivity index (χ3v) is 4.86. The minimum atomic E-state index is -0.137. The van der Waals surface area contributed by atoms with Crippen molar-refractivity contribution in [1.82, 2.24) is 5.32 Å². The summed E-state index contributed by atoms with van der Waals surface area (Å²) in [5.41, 5.74) is 3.11. The fourth-order valence-electron chi connectivity index (χ4n) is 3.55. The lowest BCUT2D eigenvalue weighted by molar-refractivity contribution is -0.124. The van der Waals surface area contributed by atoms with Crippen LogP contribution in [0, 0.1) is 0 Å². The van der Waals surface area contributed by atoms with Gasteiger partial charge in [0.05, 0.1) is 13.0 Å². The van der Waals surface area contributed by atoms with E-state index in [0.29, 0.717) is 6.54 Å². The minimum absolute atomic E-state index is 0.0257. The van der Waals surface area contributed by atoms with Gasteiger partial charge in [-0.05, 0) is 34.4 Å². The first kappa shape index (κ1) is 16.3. The first-order valence-corrected chi connectivity index (χ1v) is 8.84. The number of benzene rings is 3. The van der Waals surface area contributed by atoms with Crippen LogP contribution >= 0.6 is 0 Å². The smallest absolute Gasteiger partial charge is 0.246 e. The lowest BCUT2D eigenvalue weighted by atomic mass is 10.0. The number of para-hydroxylation sites is 1. The lowest BCUT2D eigenvalue weighted by Gasteiger charge is -2.17. The van der Waals surface area contributed by atoms with Crippen molar-refractivity contribution >= 4 is 28.3 Å². The highest BCUT2D eigenvalue weighted by Crippen LogP contribution is 2.27. The SMILES string of the molecule is O=C(Cc1cccc2ccccc12)NCC(=O)N1CCc2ccccc21. The topological polar surface area (TPSA) is 49.4 Å². The Bertz CT molecular complexity index is 975. The number of amides is 2. The molecule has 0 spiro atoms. The summed E-state index contributed by atoms with van der Waals surface area (Å²) in [5.74, 6) is -0.205. The highest BCUT2D eigenvalue weighted by molar-refractivity contribution is 5.99. The first-order chi connectivity index (χ1) is 12.7. The van der Waals surface area contributed by atoms with Gasteiger partial charge >= 0.3 is 0 Å². The number of hydrogen-bond donors (Lipinski definition) is 1. The van der Waals surface area contributed by atoms with Crippen molar-refractivity contribution in [3.63, 3.8) is 0 Å². The molecule has 130 valence electrons. The Morgan fingerprint density at radius 1 is 0.923 bits per heavy atom. The molecule has 1 aliphatic heterocycles. The Morgan fingerprint density at radius 3 is 2.62 bits per heavy atom. The van der Waals surface area contributed by atoms with E-state index in [4.69, 9.17) is 0 Å². The van der Waals surface area contributed by atoms with Crippen LogP contribution in [0.25, 0.3) is 10.8 Å². The predicted molar refractivity (Wildman–Crippen MR) is 103 cm³/mol. The largest absolute Gasteiger partial charge is 0.347 e. The van der Waals surface area contributed by atoms with E-state index in [-0.39, 0.29) is 24.8 Å². The fraction of sp³-hybridized carbons (Fsp3) is 0.182. The van der Waals surface area contributed by atoms with Crippen LogP contribution in [0.15, 0.2) is 66.7 Å². The van der Waals surface area contributed by atoms with Crippen LogP contribution < -0.4 is 10.2 Å². The zero-order valence-electron chi connectivity index (χ0n) is 14.4. The molecule has 2 amide bonds. The third-order valence-electron chi connectivity index (χ3n) is 4.86. The molecule has 0 fully saturated rings. The Balaban J connectivity index is 1.39. The maximum atomic E-state index is 12.5. The Kier molecular flexibility index (Phi) is 4.40. The summed E-state index contributed by atoms with van der Waals surface area (Å²) in [6.07, 6.45) is 1.14. The number of nitrogens with zero attached hydrogens (tertiary/aromatic N) is 1. The average molecular weight is 344 g/mol. The molecule has 0 aliphatic carbocycles. The van der Waals surface area contributed by atoms with E-state index < -0.39 is 0 Å². The van der Waals surface area contributed by atoms with E-state index in [9.17, 15) is 9.59 Å². The summed E-state index contributed by atoms with van der Waals surface area (Å²) in [6.45, 7) is 0.704. The molecular weight excluding hydrogens is 324 g/mol. The molecule has 0 atom stereocenters. The molecule has 0 bridgehead atoms. The van der Waals surface area contributed by atoms with Gasteiger partial charge in [-0.2, -0.15) is 0 Å². The molecule has 3 aromatic carbocycles. The van der Waals surface area contributed by atoms with E-state index in [0.717, 1.165) is 28.4 Å². The van der Waals surface area contributed by atoms with Crippen molar-refractivity contribution in [2.45, 2.75) is 12.8 Å². The van der Waals surface area contributed by atoms with Crippen LogP contribution in [0.4, 0.5) is 5.69 Å². The number of nitrogens with one attached hydrogen (secondary N) is 1. The van der Waals surface area contributed by atoms with Crippen LogP contribution in [0.1, 0.15) is 11.1 Å². The molecule has 4 heteroatoms. The van der Waals surface area contributed by atoms with Gasteiger partial charge in [-0.3, -0.25) is 9.59 Å². The van der Waals surface area contributed by atoms with Gasteiger partial charge in [0, 0.05) is 12.2 Å². The van der Waals surface area contributed by atoms with E-state index in [1.165, 1.54) is 5.56 Å². The molecule has 4 rings (SSSR count). The van der Waals surface area contributed by atoms with Gasteiger partial charge in [-0.25, -0.2) is 0 Å². The second kappa shape index (κ2) is 7.00. The highest BCUT2D eigenvalue weighted by atomic mass is 16.2. The normalized spacial score (nSPS) is 12.8. The van der Waals surface area contributed by atoms with Crippen molar-refractivity contribution in [2.24, 2.45) is 0 Å². The van der Waals surface area contributed by atoms with Crippen molar-refractivity contribution < 1.29 is 9.59 Å². The standard InChI is InChI=1S/C22H20N2O2/c25-21(14-18-9-5-8-16-6-1-3-10-19(16)18)23-15-22(26)24-13-12-17-7-2-4-11-20(17)24/h1-11H,12-15H2,(H,23,25). The summed E-state index contributed by atoms with van der Waals surface area (Å²) in [7, 11) is 0. The Hall–Kier alpha value is -3.14. The first-order valence-electron chi connectivity index (χ1n) is 8.84. The summed E-state index contributed by atoms with van der Waals surface area (Å²) in [4.78, 5) is 26.6. The maximum absolute atomic E-state index is 12.5. The van der Waals surface area contributed by atoms with E-state index in [1.54, 1.807) is 4.90 Å². The molecule has 1 N–H and O–H groups in total. The van der Waals surface area contributed by atoms with Crippen molar-refractivity contribution in [3.8, 4) is 0 Å². The van der Waals surface area contributed by atoms with Crippen molar-refractivity contribution in [2.75, 3.05) is 18.0 Å². The molecule has 0 radical (unpaired) electrons. The second-order valence-electron chi connectivity index (χ2n) is 6.52. The van der Waals surface area contributed by atoms with Gasteiger partial charge in [0.1, 0.15) is 0 Å². The Labute approximate surface area is 152 Å². The molecule has 26 heavy (non-hydrogen) atoms. The second-order valence-corrected chi connectivity index (χ2v) is 6.52. The monoisotopic (exact) mass is 344 g/mol. The molecule has 4 nitrogen and oxygen atoms in total. The van der Waals surface area contributed by atoms with Crippen LogP contribution in [0.5, 0.6) is 0 Å². The van der Waals surface area contributed by atoms with Gasteiger partial charge in [-0.1, -0.05) is 60.7 Å². The van der Waals surface area contributed by atoms with Gasteiger partial charge in [0.2, 0.25) is 11.8 Å². The molecule has 1 aliphatic rings. The summed E-state index contributed by atoms with van der Waals surface area (Å²) >= 11 is 0. The number of anilines is 1. The minimum Gasteiger partial charge on any atom is -0.347 e. The maximum Gasteiger partial charge on any atom is 0.246 e. The van der Waals surface area contributed by atoms with E-state index in [1.807, 2.05) is 66.7 Å². The quantitative estimate of drug-likeness (QED) is 0.791. The molecule has 0 saturated carbocycles. The predicted octanol–water partition coefficient (Wildman–Crippen LogP) is 3.09. The van der Waals surface area contributed by atoms with Crippen LogP contribution in [0.2, 0.25) is 0 Å². The Morgan fingerprint density at radius 2 is 1.69 bits per heavy atom.